The first kappa shape index (κ1) is 25.8. The molecule has 1 aliphatic heterocycles. The van der Waals surface area contributed by atoms with Gasteiger partial charge >= 0.3 is 0 Å². The summed E-state index contributed by atoms with van der Waals surface area (Å²) in [7, 11) is 1.63. The number of benzene rings is 2. The highest BCUT2D eigenvalue weighted by Crippen LogP contribution is 2.27. The second kappa shape index (κ2) is 12.6. The zero-order valence-corrected chi connectivity index (χ0v) is 21.1. The number of nitrogens with zero attached hydrogens (tertiary/aromatic N) is 2. The fourth-order valence-electron chi connectivity index (χ4n) is 4.48. The average Bonchev–Trinajstić information content (AvgIpc) is 2.82. The molecular formula is C28H39N3O3. The molecule has 2 aromatic rings. The number of hydrogen-bond acceptors (Lipinski definition) is 4. The molecule has 184 valence electrons. The quantitative estimate of drug-likeness (QED) is 0.663. The van der Waals surface area contributed by atoms with Crippen LogP contribution in [0.2, 0.25) is 0 Å². The Labute approximate surface area is 204 Å². The molecule has 1 N–H and O–H groups in total. The van der Waals surface area contributed by atoms with Gasteiger partial charge in [-0.1, -0.05) is 31.4 Å². The van der Waals surface area contributed by atoms with E-state index in [0.717, 1.165) is 42.0 Å². The molecule has 0 atom stereocenters. The highest BCUT2D eigenvalue weighted by molar-refractivity contribution is 5.97. The van der Waals surface area contributed by atoms with E-state index in [1.165, 1.54) is 19.3 Å². The zero-order chi connectivity index (χ0) is 24.5. The number of amides is 2. The summed E-state index contributed by atoms with van der Waals surface area (Å²) < 4.78 is 5.28. The molecule has 6 heteroatoms. The van der Waals surface area contributed by atoms with E-state index >= 15 is 0 Å². The summed E-state index contributed by atoms with van der Waals surface area (Å²) >= 11 is 0. The van der Waals surface area contributed by atoms with Gasteiger partial charge < -0.3 is 15.0 Å². The van der Waals surface area contributed by atoms with E-state index in [1.807, 2.05) is 47.4 Å². The van der Waals surface area contributed by atoms with Crippen LogP contribution in [0.3, 0.4) is 0 Å². The highest BCUT2D eigenvalue weighted by atomic mass is 16.5. The maximum absolute atomic E-state index is 13.0. The number of nitrogens with one attached hydrogen (secondary N) is 1. The van der Waals surface area contributed by atoms with Gasteiger partial charge in [0, 0.05) is 43.9 Å². The molecule has 34 heavy (non-hydrogen) atoms. The summed E-state index contributed by atoms with van der Waals surface area (Å²) in [5, 5.41) is 3.02. The lowest BCUT2D eigenvalue weighted by Crippen LogP contribution is -2.35. The van der Waals surface area contributed by atoms with Crippen molar-refractivity contribution in [2.75, 3.05) is 25.1 Å². The molecule has 0 saturated carbocycles. The van der Waals surface area contributed by atoms with Gasteiger partial charge in [-0.2, -0.15) is 0 Å². The number of rotatable bonds is 5. The van der Waals surface area contributed by atoms with Gasteiger partial charge in [0.1, 0.15) is 5.75 Å². The van der Waals surface area contributed by atoms with Gasteiger partial charge in [-0.25, -0.2) is 0 Å². The molecule has 0 bridgehead atoms. The molecule has 0 unspecified atom stereocenters. The van der Waals surface area contributed by atoms with Crippen LogP contribution in [0.5, 0.6) is 5.75 Å². The maximum atomic E-state index is 13.0. The van der Waals surface area contributed by atoms with Crippen molar-refractivity contribution in [3.63, 3.8) is 0 Å². The molecule has 6 nitrogen and oxygen atoms in total. The van der Waals surface area contributed by atoms with Crippen LogP contribution in [0.15, 0.2) is 42.5 Å². The summed E-state index contributed by atoms with van der Waals surface area (Å²) in [4.78, 5) is 29.9. The number of methoxy groups -OCH3 is 1. The summed E-state index contributed by atoms with van der Waals surface area (Å²) in [5.41, 5.74) is 3.54. The topological polar surface area (TPSA) is 61.9 Å². The van der Waals surface area contributed by atoms with Gasteiger partial charge in [0.15, 0.2) is 0 Å². The van der Waals surface area contributed by atoms with E-state index in [4.69, 9.17) is 4.74 Å². The maximum Gasteiger partial charge on any atom is 0.251 e. The number of carbonyl (C=O) groups is 2. The van der Waals surface area contributed by atoms with Gasteiger partial charge in [-0.05, 0) is 74.7 Å². The Morgan fingerprint density at radius 2 is 1.74 bits per heavy atom. The molecule has 1 aliphatic rings. The Bertz CT molecular complexity index is 973. The van der Waals surface area contributed by atoms with Crippen LogP contribution in [0.4, 0.5) is 5.69 Å². The average molecular weight is 466 g/mol. The fraction of sp³-hybridized carbons (Fsp3) is 0.500. The van der Waals surface area contributed by atoms with Crippen molar-refractivity contribution in [2.45, 2.75) is 72.0 Å². The monoisotopic (exact) mass is 465 g/mol. The first-order chi connectivity index (χ1) is 16.4. The van der Waals surface area contributed by atoms with Gasteiger partial charge in [0.05, 0.1) is 7.11 Å². The summed E-state index contributed by atoms with van der Waals surface area (Å²) in [5.74, 6) is 0.691. The van der Waals surface area contributed by atoms with Gasteiger partial charge in [-0.15, -0.1) is 0 Å². The summed E-state index contributed by atoms with van der Waals surface area (Å²) in [6.45, 7) is 8.91. The molecular weight excluding hydrogens is 426 g/mol. The van der Waals surface area contributed by atoms with E-state index in [-0.39, 0.29) is 11.8 Å². The molecule has 2 amide bonds. The van der Waals surface area contributed by atoms with Crippen LogP contribution in [-0.4, -0.2) is 43.0 Å². The van der Waals surface area contributed by atoms with Crippen LogP contribution in [-0.2, 0) is 17.9 Å². The molecule has 2 aromatic carbocycles. The third kappa shape index (κ3) is 7.07. The Kier molecular flexibility index (Phi) is 9.52. The Morgan fingerprint density at radius 1 is 1.00 bits per heavy atom. The fourth-order valence-corrected chi connectivity index (χ4v) is 4.48. The van der Waals surface area contributed by atoms with E-state index in [2.05, 4.69) is 24.1 Å². The third-order valence-electron chi connectivity index (χ3n) is 6.53. The van der Waals surface area contributed by atoms with E-state index in [0.29, 0.717) is 31.2 Å². The lowest BCUT2D eigenvalue weighted by atomic mass is 10.0. The van der Waals surface area contributed by atoms with Crippen molar-refractivity contribution in [1.29, 1.82) is 0 Å². The number of anilines is 1. The van der Waals surface area contributed by atoms with Crippen molar-refractivity contribution < 1.29 is 14.3 Å². The zero-order valence-electron chi connectivity index (χ0n) is 21.1. The summed E-state index contributed by atoms with van der Waals surface area (Å²) in [6, 6.07) is 13.8. The SMILES string of the molecule is COc1cccc(CNC(=O)c2ccc3c(c2)CN(C(C)C)CCCCCCCN3C(C)=O)c1. The lowest BCUT2D eigenvalue weighted by Gasteiger charge is -2.31. The number of carbonyl (C=O) groups excluding carboxylic acids is 2. The standard InChI is InChI=1S/C28H39N3O3/c1-21(2)30-15-8-6-5-7-9-16-31(22(3)32)27-14-13-24(18-25(27)20-30)28(33)29-19-23-11-10-12-26(17-23)34-4/h10-14,17-18,21H,5-9,15-16,19-20H2,1-4H3,(H,29,33). The molecule has 0 spiro atoms. The Hall–Kier alpha value is -2.86. The van der Waals surface area contributed by atoms with Crippen LogP contribution < -0.4 is 15.0 Å². The van der Waals surface area contributed by atoms with Gasteiger partial charge in [0.2, 0.25) is 5.91 Å². The van der Waals surface area contributed by atoms with Crippen molar-refractivity contribution >= 4 is 17.5 Å². The smallest absolute Gasteiger partial charge is 0.251 e. The minimum Gasteiger partial charge on any atom is -0.497 e. The first-order valence-electron chi connectivity index (χ1n) is 12.4. The largest absolute Gasteiger partial charge is 0.497 e. The highest BCUT2D eigenvalue weighted by Gasteiger charge is 2.21. The third-order valence-corrected chi connectivity index (χ3v) is 6.53. The molecule has 1 heterocycles. The van der Waals surface area contributed by atoms with Crippen molar-refractivity contribution in [3.8, 4) is 5.75 Å². The van der Waals surface area contributed by atoms with Crippen LogP contribution in [0, 0.1) is 0 Å². The molecule has 0 saturated heterocycles. The molecule has 3 rings (SSSR count). The van der Waals surface area contributed by atoms with Crippen LogP contribution in [0.25, 0.3) is 0 Å². The van der Waals surface area contributed by atoms with Crippen molar-refractivity contribution in [3.05, 3.63) is 59.2 Å². The Balaban J connectivity index is 1.87. The molecule has 0 aromatic heterocycles. The van der Waals surface area contributed by atoms with Crippen molar-refractivity contribution in [1.82, 2.24) is 10.2 Å². The lowest BCUT2D eigenvalue weighted by molar-refractivity contribution is -0.116. The van der Waals surface area contributed by atoms with Gasteiger partial charge in [-0.3, -0.25) is 14.5 Å². The number of fused-ring (bicyclic) bond motifs is 1. The normalized spacial score (nSPS) is 15.7. The van der Waals surface area contributed by atoms with E-state index < -0.39 is 0 Å². The second-order valence-electron chi connectivity index (χ2n) is 9.38. The number of hydrogen-bond donors (Lipinski definition) is 1. The molecule has 0 aliphatic carbocycles. The minimum atomic E-state index is -0.123. The van der Waals surface area contributed by atoms with Crippen LogP contribution >= 0.6 is 0 Å². The first-order valence-corrected chi connectivity index (χ1v) is 12.4. The van der Waals surface area contributed by atoms with Crippen molar-refractivity contribution in [2.24, 2.45) is 0 Å². The Morgan fingerprint density at radius 3 is 2.44 bits per heavy atom. The molecule has 0 fully saturated rings. The van der Waals surface area contributed by atoms with E-state index in [9.17, 15) is 9.59 Å². The summed E-state index contributed by atoms with van der Waals surface area (Å²) in [6.07, 6.45) is 5.71. The molecule has 0 radical (unpaired) electrons. The predicted molar refractivity (Wildman–Crippen MR) is 137 cm³/mol. The van der Waals surface area contributed by atoms with Gasteiger partial charge in [0.25, 0.3) is 5.91 Å². The van der Waals surface area contributed by atoms with E-state index in [1.54, 1.807) is 14.0 Å². The van der Waals surface area contributed by atoms with Crippen LogP contribution in [0.1, 0.15) is 74.4 Å². The minimum absolute atomic E-state index is 0.0460. The number of ether oxygens (including phenoxy) is 1. The predicted octanol–water partition coefficient (Wildman–Crippen LogP) is 5.15. The second-order valence-corrected chi connectivity index (χ2v) is 9.38.